The van der Waals surface area contributed by atoms with Crippen LogP contribution in [0.5, 0.6) is 0 Å². The molecule has 1 saturated carbocycles. The molecule has 2 aliphatic rings. The van der Waals surface area contributed by atoms with Gasteiger partial charge in [0.05, 0.1) is 12.0 Å². The third-order valence-corrected chi connectivity index (χ3v) is 7.42. The van der Waals surface area contributed by atoms with E-state index in [4.69, 9.17) is 4.74 Å². The Balaban J connectivity index is 1.64. The summed E-state index contributed by atoms with van der Waals surface area (Å²) in [6, 6.07) is 4.28. The Morgan fingerprint density at radius 3 is 2.96 bits per heavy atom. The number of carbonyl (C=O) groups is 1. The molecule has 0 saturated heterocycles. The van der Waals surface area contributed by atoms with E-state index >= 15 is 0 Å². The number of nitrogens with one attached hydrogen (secondary N) is 1. The fraction of sp³-hybridized carbons (Fsp3) is 0.652. The first-order chi connectivity index (χ1) is 13.3. The van der Waals surface area contributed by atoms with E-state index in [1.807, 2.05) is 6.92 Å². The van der Waals surface area contributed by atoms with Crippen LogP contribution in [-0.4, -0.2) is 35.9 Å². The number of carbonyl (C=O) groups excluding carboxylic acids is 1. The lowest BCUT2D eigenvalue weighted by molar-refractivity contribution is -0.148. The minimum absolute atomic E-state index is 0.0251. The van der Waals surface area contributed by atoms with Gasteiger partial charge in [0.1, 0.15) is 6.10 Å². The number of rotatable bonds is 7. The van der Waals surface area contributed by atoms with Crippen molar-refractivity contribution in [1.82, 2.24) is 5.32 Å². The SMILES string of the molecule is CC(=O)O[C@@H]1[C][C@@]2(O)[C@H](C)CC[C@@H]([C@H](C)CNCCc3cccs3)[C@H]2C=C1C. The average molecular weight is 404 g/mol. The summed E-state index contributed by atoms with van der Waals surface area (Å²) in [7, 11) is 0. The van der Waals surface area contributed by atoms with Crippen LogP contribution in [0.4, 0.5) is 0 Å². The van der Waals surface area contributed by atoms with Gasteiger partial charge in [-0.3, -0.25) is 4.79 Å². The van der Waals surface area contributed by atoms with Crippen LogP contribution < -0.4 is 5.32 Å². The second-order valence-electron chi connectivity index (χ2n) is 8.55. The summed E-state index contributed by atoms with van der Waals surface area (Å²) < 4.78 is 5.39. The summed E-state index contributed by atoms with van der Waals surface area (Å²) >= 11 is 1.80. The quantitative estimate of drug-likeness (QED) is 0.412. The Kier molecular flexibility index (Phi) is 7.00. The number of esters is 1. The zero-order valence-electron chi connectivity index (χ0n) is 17.4. The highest BCUT2D eigenvalue weighted by molar-refractivity contribution is 7.09. The lowest BCUT2D eigenvalue weighted by Gasteiger charge is -2.52. The number of hydrogen-bond donors (Lipinski definition) is 2. The summed E-state index contributed by atoms with van der Waals surface area (Å²) in [4.78, 5) is 12.8. The van der Waals surface area contributed by atoms with Crippen LogP contribution in [0.2, 0.25) is 0 Å². The summed E-state index contributed by atoms with van der Waals surface area (Å²) in [5.41, 5.74) is -0.0600. The summed E-state index contributed by atoms with van der Waals surface area (Å²) in [6.45, 7) is 9.66. The number of thiophene rings is 1. The highest BCUT2D eigenvalue weighted by Crippen LogP contribution is 2.50. The van der Waals surface area contributed by atoms with E-state index in [-0.39, 0.29) is 17.8 Å². The normalized spacial score (nSPS) is 33.7. The molecule has 2 N–H and O–H groups in total. The first-order valence-corrected chi connectivity index (χ1v) is 11.3. The molecule has 1 aromatic rings. The molecule has 1 aromatic heterocycles. The third kappa shape index (κ3) is 4.69. The second-order valence-corrected chi connectivity index (χ2v) is 9.58. The molecule has 3 rings (SSSR count). The standard InChI is InChI=1S/C23H33NO3S/c1-15-12-21-20(16(2)14-24-10-9-19-6-5-11-28-19)8-7-17(3)23(21,26)13-22(15)27-18(4)25/h5-6,11-12,16-17,20-22,24,26H,7-10,14H2,1-4H3/t16-,17-,20+,21-,22-,23-/m1/s1. The molecule has 0 spiro atoms. The lowest BCUT2D eigenvalue weighted by atomic mass is 9.57. The smallest absolute Gasteiger partial charge is 0.303 e. The van der Waals surface area contributed by atoms with Gasteiger partial charge in [0, 0.05) is 17.7 Å². The van der Waals surface area contributed by atoms with Gasteiger partial charge in [0.2, 0.25) is 0 Å². The number of ether oxygens (including phenoxy) is 1. The van der Waals surface area contributed by atoms with Gasteiger partial charge < -0.3 is 15.2 Å². The molecule has 4 nitrogen and oxygen atoms in total. The zero-order valence-corrected chi connectivity index (χ0v) is 18.2. The van der Waals surface area contributed by atoms with Gasteiger partial charge in [-0.1, -0.05) is 26.0 Å². The molecule has 0 unspecified atom stereocenters. The predicted molar refractivity (Wildman–Crippen MR) is 113 cm³/mol. The van der Waals surface area contributed by atoms with Gasteiger partial charge in [0.15, 0.2) is 0 Å². The van der Waals surface area contributed by atoms with Crippen molar-refractivity contribution in [3.05, 3.63) is 40.5 Å². The van der Waals surface area contributed by atoms with Gasteiger partial charge in [0.25, 0.3) is 0 Å². The molecular weight excluding hydrogens is 370 g/mol. The first-order valence-electron chi connectivity index (χ1n) is 10.4. The topological polar surface area (TPSA) is 58.6 Å². The van der Waals surface area contributed by atoms with Crippen LogP contribution in [0.1, 0.15) is 45.4 Å². The van der Waals surface area contributed by atoms with Crippen molar-refractivity contribution in [3.8, 4) is 0 Å². The summed E-state index contributed by atoms with van der Waals surface area (Å²) in [6.07, 6.45) is 7.99. The van der Waals surface area contributed by atoms with Crippen molar-refractivity contribution >= 4 is 17.3 Å². The zero-order chi connectivity index (χ0) is 20.3. The maximum absolute atomic E-state index is 11.5. The molecular formula is C23H33NO3S. The fourth-order valence-corrected chi connectivity index (χ4v) is 5.46. The van der Waals surface area contributed by atoms with E-state index in [2.05, 4.69) is 49.2 Å². The fourth-order valence-electron chi connectivity index (χ4n) is 4.75. The van der Waals surface area contributed by atoms with E-state index in [9.17, 15) is 9.90 Å². The average Bonchev–Trinajstić information content (AvgIpc) is 3.14. The van der Waals surface area contributed by atoms with Crippen molar-refractivity contribution in [1.29, 1.82) is 0 Å². The largest absolute Gasteiger partial charge is 0.457 e. The molecule has 5 heteroatoms. The van der Waals surface area contributed by atoms with Crippen molar-refractivity contribution in [2.24, 2.45) is 23.7 Å². The molecule has 2 aliphatic carbocycles. The number of aliphatic hydroxyl groups is 1. The van der Waals surface area contributed by atoms with Crippen LogP contribution in [0.3, 0.4) is 0 Å². The highest BCUT2D eigenvalue weighted by Gasteiger charge is 2.53. The highest BCUT2D eigenvalue weighted by atomic mass is 32.1. The molecule has 6 atom stereocenters. The predicted octanol–water partition coefficient (Wildman–Crippen LogP) is 3.88. The van der Waals surface area contributed by atoms with Crippen LogP contribution in [0, 0.1) is 30.1 Å². The maximum Gasteiger partial charge on any atom is 0.303 e. The van der Waals surface area contributed by atoms with Crippen molar-refractivity contribution in [2.45, 2.75) is 58.7 Å². The molecule has 1 fully saturated rings. The second kappa shape index (κ2) is 9.10. The number of fused-ring (bicyclic) bond motifs is 1. The molecule has 2 radical (unpaired) electrons. The van der Waals surface area contributed by atoms with Gasteiger partial charge in [-0.25, -0.2) is 0 Å². The van der Waals surface area contributed by atoms with E-state index in [1.165, 1.54) is 11.8 Å². The van der Waals surface area contributed by atoms with E-state index in [0.717, 1.165) is 37.9 Å². The Morgan fingerprint density at radius 1 is 1.50 bits per heavy atom. The van der Waals surface area contributed by atoms with Crippen LogP contribution >= 0.6 is 11.3 Å². The van der Waals surface area contributed by atoms with Gasteiger partial charge in [-0.15, -0.1) is 11.3 Å². The summed E-state index contributed by atoms with van der Waals surface area (Å²) in [5.74, 6) is 0.627. The van der Waals surface area contributed by atoms with Crippen molar-refractivity contribution in [2.75, 3.05) is 13.1 Å². The Morgan fingerprint density at radius 2 is 2.29 bits per heavy atom. The minimum Gasteiger partial charge on any atom is -0.457 e. The van der Waals surface area contributed by atoms with Gasteiger partial charge in [-0.2, -0.15) is 0 Å². The molecule has 0 amide bonds. The Labute approximate surface area is 173 Å². The lowest BCUT2D eigenvalue weighted by Crippen LogP contribution is -2.56. The third-order valence-electron chi connectivity index (χ3n) is 6.48. The molecule has 0 aliphatic heterocycles. The Hall–Kier alpha value is -1.17. The van der Waals surface area contributed by atoms with E-state index in [0.29, 0.717) is 11.8 Å². The molecule has 28 heavy (non-hydrogen) atoms. The van der Waals surface area contributed by atoms with Crippen molar-refractivity contribution in [3.63, 3.8) is 0 Å². The van der Waals surface area contributed by atoms with Crippen molar-refractivity contribution < 1.29 is 14.6 Å². The van der Waals surface area contributed by atoms with Gasteiger partial charge in [-0.05, 0) is 74.0 Å². The van der Waals surface area contributed by atoms with Gasteiger partial charge >= 0.3 is 5.97 Å². The van der Waals surface area contributed by atoms with E-state index < -0.39 is 11.7 Å². The maximum atomic E-state index is 11.5. The Bertz CT molecular complexity index is 686. The monoisotopic (exact) mass is 403 g/mol. The molecule has 0 bridgehead atoms. The van der Waals surface area contributed by atoms with Crippen LogP contribution in [-0.2, 0) is 16.0 Å². The molecule has 1 heterocycles. The number of hydrogen-bond acceptors (Lipinski definition) is 5. The van der Waals surface area contributed by atoms with Crippen LogP contribution in [0.25, 0.3) is 0 Å². The van der Waals surface area contributed by atoms with Crippen LogP contribution in [0.15, 0.2) is 29.2 Å². The molecule has 0 aromatic carbocycles. The molecule has 154 valence electrons. The first kappa shape index (κ1) is 21.5. The minimum atomic E-state index is -1.03. The van der Waals surface area contributed by atoms with E-state index in [1.54, 1.807) is 11.3 Å². The summed E-state index contributed by atoms with van der Waals surface area (Å²) in [5, 5.41) is 17.2.